The lowest BCUT2D eigenvalue weighted by atomic mass is 10.2. The van der Waals surface area contributed by atoms with Crippen molar-refractivity contribution < 1.29 is 14.9 Å². The van der Waals surface area contributed by atoms with Crippen LogP contribution in [0.5, 0.6) is 0 Å². The third-order valence-electron chi connectivity index (χ3n) is 2.60. The average molecular weight is 263 g/mol. The summed E-state index contributed by atoms with van der Waals surface area (Å²) in [5.74, 6) is 0. The first-order valence-corrected chi connectivity index (χ1v) is 5.38. The van der Waals surface area contributed by atoms with Gasteiger partial charge in [0.1, 0.15) is 17.6 Å². The molecule has 8 heteroatoms. The second-order valence-corrected chi connectivity index (χ2v) is 4.20. The molecule has 3 N–H and O–H groups in total. The first kappa shape index (κ1) is 12.3. The Hall–Kier alpha value is -1.15. The molecule has 0 bridgehead atoms. The van der Waals surface area contributed by atoms with E-state index in [0.717, 1.165) is 10.6 Å². The van der Waals surface area contributed by atoms with E-state index < -0.39 is 41.7 Å². The largest absolute Gasteiger partial charge is 0.394 e. The monoisotopic (exact) mass is 262 g/mol. The van der Waals surface area contributed by atoms with E-state index in [9.17, 15) is 14.7 Å². The average Bonchev–Trinajstić information content (AvgIpc) is 2.57. The highest BCUT2D eigenvalue weighted by atomic mass is 35.5. The number of nitrogens with zero attached hydrogens (tertiary/aromatic N) is 1. The van der Waals surface area contributed by atoms with Gasteiger partial charge in [0.05, 0.1) is 6.61 Å². The highest BCUT2D eigenvalue weighted by Gasteiger charge is 2.43. The molecule has 1 aromatic heterocycles. The summed E-state index contributed by atoms with van der Waals surface area (Å²) in [7, 11) is 0. The van der Waals surface area contributed by atoms with Gasteiger partial charge >= 0.3 is 5.69 Å². The second kappa shape index (κ2) is 4.61. The third-order valence-corrected chi connectivity index (χ3v) is 3.07. The van der Waals surface area contributed by atoms with Crippen molar-refractivity contribution in [3.63, 3.8) is 0 Å². The first-order valence-electron chi connectivity index (χ1n) is 4.94. The molecule has 0 amide bonds. The summed E-state index contributed by atoms with van der Waals surface area (Å²) in [4.78, 5) is 24.4. The highest BCUT2D eigenvalue weighted by molar-refractivity contribution is 6.21. The Labute approximate surface area is 100 Å². The van der Waals surface area contributed by atoms with Crippen molar-refractivity contribution in [1.29, 1.82) is 0 Å². The molecule has 17 heavy (non-hydrogen) atoms. The van der Waals surface area contributed by atoms with Gasteiger partial charge in [-0.3, -0.25) is 14.3 Å². The number of alkyl halides is 1. The first-order chi connectivity index (χ1) is 8.04. The number of hydrogen-bond acceptors (Lipinski definition) is 5. The van der Waals surface area contributed by atoms with Gasteiger partial charge in [0, 0.05) is 12.3 Å². The van der Waals surface area contributed by atoms with Crippen molar-refractivity contribution >= 4 is 11.6 Å². The molecule has 1 saturated heterocycles. The maximum atomic E-state index is 11.5. The van der Waals surface area contributed by atoms with Crippen molar-refractivity contribution in [3.05, 3.63) is 33.1 Å². The number of halogens is 1. The molecular formula is C9H11ClN2O5. The number of rotatable bonds is 2. The van der Waals surface area contributed by atoms with Crippen molar-refractivity contribution in [2.24, 2.45) is 0 Å². The van der Waals surface area contributed by atoms with Gasteiger partial charge in [-0.1, -0.05) is 0 Å². The zero-order chi connectivity index (χ0) is 12.6. The minimum atomic E-state index is -1.08. The summed E-state index contributed by atoms with van der Waals surface area (Å²) in [6, 6.07) is 1.15. The standard InChI is InChI=1S/C9H11ClN2O5/c10-6-7(15)4(3-13)17-8(6)12-2-1-5(14)11-9(12)16/h1-2,4,6-8,13,15H,3H2,(H,11,14,16). The van der Waals surface area contributed by atoms with Crippen LogP contribution in [-0.4, -0.2) is 44.0 Å². The second-order valence-electron chi connectivity index (χ2n) is 3.70. The van der Waals surface area contributed by atoms with Gasteiger partial charge in [-0.2, -0.15) is 0 Å². The number of aromatic amines is 1. The van der Waals surface area contributed by atoms with E-state index in [2.05, 4.69) is 4.98 Å². The van der Waals surface area contributed by atoms with Crippen LogP contribution in [-0.2, 0) is 4.74 Å². The summed E-state index contributed by atoms with van der Waals surface area (Å²) in [5, 5.41) is 17.7. The van der Waals surface area contributed by atoms with E-state index in [4.69, 9.17) is 21.4 Å². The van der Waals surface area contributed by atoms with E-state index in [1.807, 2.05) is 0 Å². The Balaban J connectivity index is 2.35. The van der Waals surface area contributed by atoms with Crippen LogP contribution in [0.25, 0.3) is 0 Å². The molecule has 1 fully saturated rings. The van der Waals surface area contributed by atoms with Crippen LogP contribution in [0.15, 0.2) is 21.9 Å². The van der Waals surface area contributed by atoms with E-state index >= 15 is 0 Å². The molecule has 0 aliphatic carbocycles. The van der Waals surface area contributed by atoms with Crippen LogP contribution in [0.2, 0.25) is 0 Å². The molecule has 4 unspecified atom stereocenters. The summed E-state index contributed by atoms with van der Waals surface area (Å²) in [6.07, 6.45) is -1.62. The van der Waals surface area contributed by atoms with E-state index in [0.29, 0.717) is 0 Å². The normalized spacial score (nSPS) is 32.9. The summed E-state index contributed by atoms with van der Waals surface area (Å²) < 4.78 is 6.32. The van der Waals surface area contributed by atoms with Crippen molar-refractivity contribution in [2.75, 3.05) is 6.61 Å². The molecule has 1 aliphatic heterocycles. The molecule has 0 spiro atoms. The van der Waals surface area contributed by atoms with Crippen LogP contribution < -0.4 is 11.2 Å². The van der Waals surface area contributed by atoms with Crippen molar-refractivity contribution in [2.45, 2.75) is 23.8 Å². The Morgan fingerprint density at radius 2 is 2.24 bits per heavy atom. The fraction of sp³-hybridized carbons (Fsp3) is 0.556. The smallest absolute Gasteiger partial charge is 0.330 e. The van der Waals surface area contributed by atoms with Gasteiger partial charge in [0.25, 0.3) is 5.56 Å². The molecule has 7 nitrogen and oxygen atoms in total. The number of aromatic nitrogens is 2. The molecule has 4 atom stereocenters. The minimum Gasteiger partial charge on any atom is -0.394 e. The highest BCUT2D eigenvalue weighted by Crippen LogP contribution is 2.31. The predicted octanol–water partition coefficient (Wildman–Crippen LogP) is -1.61. The number of aliphatic hydroxyl groups is 2. The molecule has 2 heterocycles. The van der Waals surface area contributed by atoms with Crippen molar-refractivity contribution in [3.8, 4) is 0 Å². The van der Waals surface area contributed by atoms with Gasteiger partial charge in [0.2, 0.25) is 0 Å². The lowest BCUT2D eigenvalue weighted by Gasteiger charge is -2.15. The molecular weight excluding hydrogens is 252 g/mol. The molecule has 94 valence electrons. The fourth-order valence-corrected chi connectivity index (χ4v) is 2.05. The van der Waals surface area contributed by atoms with Crippen LogP contribution in [0, 0.1) is 0 Å². The Morgan fingerprint density at radius 1 is 1.53 bits per heavy atom. The zero-order valence-corrected chi connectivity index (χ0v) is 9.37. The fourth-order valence-electron chi connectivity index (χ4n) is 1.71. The number of nitrogens with one attached hydrogen (secondary N) is 1. The zero-order valence-electron chi connectivity index (χ0n) is 8.62. The molecule has 1 aromatic rings. The maximum Gasteiger partial charge on any atom is 0.330 e. The van der Waals surface area contributed by atoms with Crippen LogP contribution in [0.4, 0.5) is 0 Å². The lowest BCUT2D eigenvalue weighted by Crippen LogP contribution is -2.35. The number of hydrogen-bond donors (Lipinski definition) is 3. The summed E-state index contributed by atoms with van der Waals surface area (Å²) in [5.41, 5.74) is -1.21. The number of H-pyrrole nitrogens is 1. The van der Waals surface area contributed by atoms with E-state index in [1.165, 1.54) is 6.20 Å². The van der Waals surface area contributed by atoms with Crippen LogP contribution in [0.1, 0.15) is 6.23 Å². The molecule has 1 aliphatic rings. The Kier molecular flexibility index (Phi) is 3.34. The molecule has 0 aromatic carbocycles. The summed E-state index contributed by atoms with van der Waals surface area (Å²) >= 11 is 5.91. The minimum absolute atomic E-state index is 0.404. The van der Waals surface area contributed by atoms with Crippen LogP contribution in [0.3, 0.4) is 0 Å². The van der Waals surface area contributed by atoms with Crippen LogP contribution >= 0.6 is 11.6 Å². The predicted molar refractivity (Wildman–Crippen MR) is 58.0 cm³/mol. The van der Waals surface area contributed by atoms with Gasteiger partial charge in [-0.15, -0.1) is 11.6 Å². The quantitative estimate of drug-likeness (QED) is 0.557. The molecule has 0 radical (unpaired) electrons. The molecule has 0 saturated carbocycles. The third kappa shape index (κ3) is 2.14. The summed E-state index contributed by atoms with van der Waals surface area (Å²) in [6.45, 7) is -0.404. The lowest BCUT2D eigenvalue weighted by molar-refractivity contribution is -0.0457. The van der Waals surface area contributed by atoms with Crippen molar-refractivity contribution in [1.82, 2.24) is 9.55 Å². The number of aliphatic hydroxyl groups excluding tert-OH is 2. The van der Waals surface area contributed by atoms with Gasteiger partial charge in [-0.25, -0.2) is 4.79 Å². The van der Waals surface area contributed by atoms with E-state index in [1.54, 1.807) is 0 Å². The van der Waals surface area contributed by atoms with Gasteiger partial charge < -0.3 is 14.9 Å². The number of ether oxygens (including phenoxy) is 1. The Bertz CT molecular complexity index is 513. The SMILES string of the molecule is O=c1ccn(C2OC(CO)C(O)C2Cl)c(=O)[nH]1. The topological polar surface area (TPSA) is 105 Å². The molecule has 2 rings (SSSR count). The Morgan fingerprint density at radius 3 is 2.76 bits per heavy atom. The van der Waals surface area contributed by atoms with E-state index in [-0.39, 0.29) is 0 Å². The van der Waals surface area contributed by atoms with Gasteiger partial charge in [-0.05, 0) is 0 Å². The van der Waals surface area contributed by atoms with Gasteiger partial charge in [0.15, 0.2) is 6.23 Å². The maximum absolute atomic E-state index is 11.5.